The lowest BCUT2D eigenvalue weighted by Gasteiger charge is -2.25. The molecule has 1 aromatic rings. The number of carbonyl (C=O) groups excluding carboxylic acids is 1. The third kappa shape index (κ3) is 8.74. The van der Waals surface area contributed by atoms with Crippen LogP contribution in [0.4, 0.5) is 0 Å². The Bertz CT molecular complexity index is 597. The molecule has 1 aromatic carbocycles. The third-order valence-electron chi connectivity index (χ3n) is 4.64. The number of amides is 1. The predicted octanol–water partition coefficient (Wildman–Crippen LogP) is 3.96. The van der Waals surface area contributed by atoms with Crippen molar-refractivity contribution in [1.29, 1.82) is 0 Å². The van der Waals surface area contributed by atoms with E-state index in [9.17, 15) is 9.59 Å². The molecular weight excluding hydrogens is 358 g/mol. The van der Waals surface area contributed by atoms with Gasteiger partial charge in [-0.1, -0.05) is 51.2 Å². The number of benzene rings is 1. The molecule has 0 aliphatic rings. The Balaban J connectivity index is 2.45. The Kier molecular flexibility index (Phi) is 10.6. The fraction of sp³-hybridized carbons (Fsp3) is 0.636. The quantitative estimate of drug-likeness (QED) is 0.467. The summed E-state index contributed by atoms with van der Waals surface area (Å²) in [7, 11) is 1.38. The van der Waals surface area contributed by atoms with Gasteiger partial charge in [0.2, 0.25) is 0 Å². The van der Waals surface area contributed by atoms with Gasteiger partial charge < -0.3 is 19.9 Å². The van der Waals surface area contributed by atoms with E-state index in [4.69, 9.17) is 14.6 Å². The number of hydrogen-bond donors (Lipinski definition) is 2. The second-order valence-electron chi connectivity index (χ2n) is 7.55. The van der Waals surface area contributed by atoms with E-state index in [0.29, 0.717) is 12.3 Å². The molecule has 1 rings (SSSR count). The Hall–Kier alpha value is -2.08. The molecule has 0 saturated heterocycles. The minimum atomic E-state index is -0.994. The first kappa shape index (κ1) is 24.0. The van der Waals surface area contributed by atoms with Crippen molar-refractivity contribution in [3.8, 4) is 5.75 Å². The zero-order valence-corrected chi connectivity index (χ0v) is 17.6. The summed E-state index contributed by atoms with van der Waals surface area (Å²) >= 11 is 0. The fourth-order valence-corrected chi connectivity index (χ4v) is 2.84. The monoisotopic (exact) mass is 393 g/mol. The van der Waals surface area contributed by atoms with Gasteiger partial charge in [-0.2, -0.15) is 0 Å². The summed E-state index contributed by atoms with van der Waals surface area (Å²) in [5.74, 6) is -0.575. The van der Waals surface area contributed by atoms with E-state index in [2.05, 4.69) is 12.2 Å². The average molecular weight is 394 g/mol. The van der Waals surface area contributed by atoms with Crippen molar-refractivity contribution in [3.05, 3.63) is 29.8 Å². The van der Waals surface area contributed by atoms with Crippen LogP contribution in [0.15, 0.2) is 24.3 Å². The minimum absolute atomic E-state index is 0.143. The molecule has 0 spiro atoms. The van der Waals surface area contributed by atoms with Gasteiger partial charge in [0.05, 0.1) is 0 Å². The van der Waals surface area contributed by atoms with Crippen LogP contribution < -0.4 is 10.1 Å². The van der Waals surface area contributed by atoms with Gasteiger partial charge in [-0.25, -0.2) is 4.79 Å². The van der Waals surface area contributed by atoms with Crippen LogP contribution in [0.3, 0.4) is 0 Å². The van der Waals surface area contributed by atoms with Crippen LogP contribution in [-0.2, 0) is 20.7 Å². The molecule has 6 heteroatoms. The number of rotatable bonds is 14. The highest BCUT2D eigenvalue weighted by atomic mass is 16.5. The Morgan fingerprint density at radius 3 is 2.25 bits per heavy atom. The maximum absolute atomic E-state index is 12.4. The Morgan fingerprint density at radius 2 is 1.68 bits per heavy atom. The number of hydrogen-bond acceptors (Lipinski definition) is 4. The predicted molar refractivity (Wildman–Crippen MR) is 110 cm³/mol. The molecule has 0 heterocycles. The van der Waals surface area contributed by atoms with E-state index in [1.54, 1.807) is 38.1 Å². The molecule has 0 saturated carbocycles. The smallest absolute Gasteiger partial charge is 0.333 e. The van der Waals surface area contributed by atoms with Crippen LogP contribution in [0.25, 0.3) is 0 Å². The number of carboxylic acid groups (broad SMARTS) is 1. The molecule has 28 heavy (non-hydrogen) atoms. The molecule has 158 valence electrons. The largest absolute Gasteiger partial charge is 0.479 e. The second kappa shape index (κ2) is 12.4. The van der Waals surface area contributed by atoms with E-state index < -0.39 is 17.7 Å². The Morgan fingerprint density at radius 1 is 1.07 bits per heavy atom. The van der Waals surface area contributed by atoms with Crippen molar-refractivity contribution in [1.82, 2.24) is 5.32 Å². The molecule has 0 radical (unpaired) electrons. The third-order valence-corrected chi connectivity index (χ3v) is 4.64. The molecule has 0 bridgehead atoms. The van der Waals surface area contributed by atoms with Crippen LogP contribution in [0, 0.1) is 0 Å². The highest BCUT2D eigenvalue weighted by Gasteiger charge is 2.29. The van der Waals surface area contributed by atoms with Crippen molar-refractivity contribution in [3.63, 3.8) is 0 Å². The summed E-state index contributed by atoms with van der Waals surface area (Å²) in [5.41, 5.74) is -0.160. The van der Waals surface area contributed by atoms with Gasteiger partial charge in [0.25, 0.3) is 5.91 Å². The summed E-state index contributed by atoms with van der Waals surface area (Å²) in [6.45, 7) is 6.33. The zero-order valence-electron chi connectivity index (χ0n) is 17.6. The maximum Gasteiger partial charge on any atom is 0.333 e. The molecule has 1 unspecified atom stereocenters. The number of unbranched alkanes of at least 4 members (excludes halogenated alkanes) is 5. The first-order chi connectivity index (χ1) is 13.3. The van der Waals surface area contributed by atoms with E-state index in [1.807, 2.05) is 0 Å². The lowest BCUT2D eigenvalue weighted by Crippen LogP contribution is -2.46. The van der Waals surface area contributed by atoms with E-state index in [1.165, 1.54) is 32.8 Å². The summed E-state index contributed by atoms with van der Waals surface area (Å²) < 4.78 is 10.8. The number of ether oxygens (including phenoxy) is 2. The molecule has 0 aliphatic heterocycles. The number of methoxy groups -OCH3 is 1. The molecule has 1 amide bonds. The van der Waals surface area contributed by atoms with Crippen molar-refractivity contribution < 1.29 is 24.2 Å². The van der Waals surface area contributed by atoms with Gasteiger partial charge in [0.15, 0.2) is 11.7 Å². The second-order valence-corrected chi connectivity index (χ2v) is 7.55. The first-order valence-corrected chi connectivity index (χ1v) is 10.1. The molecule has 6 nitrogen and oxygen atoms in total. The molecule has 0 fully saturated rings. The van der Waals surface area contributed by atoms with E-state index in [0.717, 1.165) is 18.4 Å². The summed E-state index contributed by atoms with van der Waals surface area (Å²) in [5, 5.41) is 12.0. The topological polar surface area (TPSA) is 84.9 Å². The van der Waals surface area contributed by atoms with Gasteiger partial charge in [0.1, 0.15) is 5.75 Å². The summed E-state index contributed by atoms with van der Waals surface area (Å²) in [4.78, 5) is 23.5. The van der Waals surface area contributed by atoms with Crippen molar-refractivity contribution >= 4 is 11.9 Å². The van der Waals surface area contributed by atoms with Gasteiger partial charge in [-0.3, -0.25) is 4.79 Å². The lowest BCUT2D eigenvalue weighted by atomic mass is 10.1. The molecule has 0 aromatic heterocycles. The number of nitrogens with one attached hydrogen (secondary N) is 1. The van der Waals surface area contributed by atoms with Gasteiger partial charge in [-0.15, -0.1) is 0 Å². The van der Waals surface area contributed by atoms with Crippen LogP contribution in [0.1, 0.15) is 64.9 Å². The standard InChI is InChI=1S/C22H35NO5/c1-5-6-7-8-9-10-15-23-21(26)22(2,3)28-18-13-11-17(12-14-18)16-19(27-4)20(24)25/h11-14,19H,5-10,15-16H2,1-4H3,(H,23,26)(H,24,25). The van der Waals surface area contributed by atoms with Gasteiger partial charge >= 0.3 is 5.97 Å². The normalized spacial score (nSPS) is 12.4. The van der Waals surface area contributed by atoms with Crippen LogP contribution >= 0.6 is 0 Å². The highest BCUT2D eigenvalue weighted by Crippen LogP contribution is 2.20. The van der Waals surface area contributed by atoms with Crippen LogP contribution in [-0.4, -0.2) is 42.3 Å². The van der Waals surface area contributed by atoms with Gasteiger partial charge in [0, 0.05) is 20.1 Å². The fourth-order valence-electron chi connectivity index (χ4n) is 2.84. The SMILES string of the molecule is CCCCCCCCNC(=O)C(C)(C)Oc1ccc(CC(OC)C(=O)O)cc1. The van der Waals surface area contributed by atoms with Crippen molar-refractivity contribution in [2.45, 2.75) is 77.4 Å². The average Bonchev–Trinajstić information content (AvgIpc) is 2.66. The molecule has 0 aliphatic carbocycles. The van der Waals surface area contributed by atoms with Crippen molar-refractivity contribution in [2.75, 3.05) is 13.7 Å². The molecule has 1 atom stereocenters. The number of aliphatic carboxylic acids is 1. The van der Waals surface area contributed by atoms with Gasteiger partial charge in [-0.05, 0) is 38.0 Å². The first-order valence-electron chi connectivity index (χ1n) is 10.1. The summed E-state index contributed by atoms with van der Waals surface area (Å²) in [6, 6.07) is 7.06. The lowest BCUT2D eigenvalue weighted by molar-refractivity contribution is -0.148. The van der Waals surface area contributed by atoms with E-state index in [-0.39, 0.29) is 12.3 Å². The van der Waals surface area contributed by atoms with E-state index >= 15 is 0 Å². The molecule has 2 N–H and O–H groups in total. The highest BCUT2D eigenvalue weighted by molar-refractivity contribution is 5.84. The number of carbonyl (C=O) groups is 2. The van der Waals surface area contributed by atoms with Crippen LogP contribution in [0.5, 0.6) is 5.75 Å². The van der Waals surface area contributed by atoms with Crippen LogP contribution in [0.2, 0.25) is 0 Å². The number of carboxylic acids is 1. The Labute approximate surface area is 168 Å². The minimum Gasteiger partial charge on any atom is -0.479 e. The maximum atomic E-state index is 12.4. The molecular formula is C22H35NO5. The van der Waals surface area contributed by atoms with Crippen molar-refractivity contribution in [2.24, 2.45) is 0 Å². The zero-order chi connectivity index (χ0) is 21.0. The summed E-state index contributed by atoms with van der Waals surface area (Å²) in [6.07, 6.45) is 6.47.